The summed E-state index contributed by atoms with van der Waals surface area (Å²) in [5.41, 5.74) is 0. The van der Waals surface area contributed by atoms with Crippen LogP contribution in [-0.4, -0.2) is 18.7 Å². The molecule has 5 heteroatoms. The maximum Gasteiger partial charge on any atom is 0.397 e. The van der Waals surface area contributed by atoms with Gasteiger partial charge in [-0.25, -0.2) is 0 Å². The summed E-state index contributed by atoms with van der Waals surface area (Å²) in [6.45, 7) is 1.91. The molecule has 0 unspecified atom stereocenters. The van der Waals surface area contributed by atoms with Crippen molar-refractivity contribution >= 4 is 5.97 Å². The van der Waals surface area contributed by atoms with E-state index >= 15 is 0 Å². The average Bonchev–Trinajstić information content (AvgIpc) is 2.26. The molecule has 0 rings (SSSR count). The minimum Gasteiger partial charge on any atom is -0.542 e. The third-order valence-electron chi connectivity index (χ3n) is 2.52. The van der Waals surface area contributed by atoms with Crippen LogP contribution in [0.4, 0.5) is 8.78 Å². The van der Waals surface area contributed by atoms with E-state index in [1.54, 1.807) is 0 Å². The van der Waals surface area contributed by atoms with Crippen LogP contribution in [0.25, 0.3) is 0 Å². The van der Waals surface area contributed by atoms with E-state index in [0.717, 1.165) is 19.3 Å². The highest BCUT2D eigenvalue weighted by atomic mass is 19.3. The molecular formula is C12H21F2O3-. The van der Waals surface area contributed by atoms with Gasteiger partial charge in [-0.3, -0.25) is 0 Å². The number of ether oxygens (including phenoxy) is 1. The van der Waals surface area contributed by atoms with Crippen molar-refractivity contribution in [1.82, 2.24) is 0 Å². The molecule has 0 radical (unpaired) electrons. The predicted molar refractivity (Wildman–Crippen MR) is 58.5 cm³/mol. The van der Waals surface area contributed by atoms with Crippen LogP contribution in [0.15, 0.2) is 0 Å². The van der Waals surface area contributed by atoms with Crippen molar-refractivity contribution < 1.29 is 23.4 Å². The minimum absolute atomic E-state index is 0.240. The Labute approximate surface area is 101 Å². The van der Waals surface area contributed by atoms with Gasteiger partial charge in [0.1, 0.15) is 5.97 Å². The molecule has 3 nitrogen and oxygen atoms in total. The van der Waals surface area contributed by atoms with Crippen molar-refractivity contribution in [2.45, 2.75) is 64.4 Å². The Morgan fingerprint density at radius 3 is 2.00 bits per heavy atom. The molecule has 0 aromatic heterocycles. The fourth-order valence-electron chi connectivity index (χ4n) is 1.50. The fraction of sp³-hybridized carbons (Fsp3) is 0.917. The Balaban J connectivity index is 3.27. The van der Waals surface area contributed by atoms with Gasteiger partial charge in [-0.05, 0) is 6.42 Å². The Kier molecular flexibility index (Phi) is 8.94. The molecule has 0 aromatic rings. The lowest BCUT2D eigenvalue weighted by Gasteiger charge is -2.16. The lowest BCUT2D eigenvalue weighted by molar-refractivity contribution is -0.363. The van der Waals surface area contributed by atoms with Gasteiger partial charge in [0.25, 0.3) is 0 Å². The summed E-state index contributed by atoms with van der Waals surface area (Å²) in [5.74, 6) is -2.47. The van der Waals surface area contributed by atoms with Gasteiger partial charge in [0.2, 0.25) is 0 Å². The molecule has 0 fully saturated rings. The van der Waals surface area contributed by atoms with E-state index in [0.29, 0.717) is 6.42 Å². The van der Waals surface area contributed by atoms with E-state index in [-0.39, 0.29) is 6.61 Å². The molecule has 0 bridgehead atoms. The third-order valence-corrected chi connectivity index (χ3v) is 2.52. The van der Waals surface area contributed by atoms with Gasteiger partial charge in [0.05, 0.1) is 6.61 Å². The third kappa shape index (κ3) is 9.03. The van der Waals surface area contributed by atoms with E-state index in [1.807, 2.05) is 0 Å². The zero-order chi connectivity index (χ0) is 13.1. The van der Waals surface area contributed by atoms with Gasteiger partial charge >= 0.3 is 6.11 Å². The zero-order valence-corrected chi connectivity index (χ0v) is 10.3. The number of carbonyl (C=O) groups excluding carboxylic acids is 1. The van der Waals surface area contributed by atoms with Crippen molar-refractivity contribution in [3.8, 4) is 0 Å². The van der Waals surface area contributed by atoms with Crippen LogP contribution >= 0.6 is 0 Å². The average molecular weight is 251 g/mol. The summed E-state index contributed by atoms with van der Waals surface area (Å²) >= 11 is 0. The highest BCUT2D eigenvalue weighted by molar-refractivity contribution is 5.71. The number of carboxylic acids is 1. The van der Waals surface area contributed by atoms with Crippen LogP contribution < -0.4 is 5.11 Å². The van der Waals surface area contributed by atoms with Gasteiger partial charge in [-0.2, -0.15) is 8.78 Å². The summed E-state index contributed by atoms with van der Waals surface area (Å²) in [6.07, 6.45) is 3.99. The van der Waals surface area contributed by atoms with Crippen molar-refractivity contribution in [2.24, 2.45) is 0 Å². The second-order valence-electron chi connectivity index (χ2n) is 4.13. The van der Waals surface area contributed by atoms with E-state index in [2.05, 4.69) is 11.7 Å². The first-order valence-electron chi connectivity index (χ1n) is 6.24. The SMILES string of the molecule is CCCCCCCCCCOC(F)(F)C(=O)[O-]. The second-order valence-corrected chi connectivity index (χ2v) is 4.13. The van der Waals surface area contributed by atoms with Crippen molar-refractivity contribution in [1.29, 1.82) is 0 Å². The second kappa shape index (κ2) is 9.33. The molecule has 0 heterocycles. The summed E-state index contributed by atoms with van der Waals surface area (Å²) in [6, 6.07) is 0. The predicted octanol–water partition coefficient (Wildman–Crippen LogP) is 2.49. The Bertz CT molecular complexity index is 208. The number of halogens is 2. The summed E-state index contributed by atoms with van der Waals surface area (Å²) in [5, 5.41) is 9.90. The zero-order valence-electron chi connectivity index (χ0n) is 10.3. The number of unbranched alkanes of at least 4 members (excludes halogenated alkanes) is 7. The first-order valence-corrected chi connectivity index (χ1v) is 6.24. The normalized spacial score (nSPS) is 11.7. The Morgan fingerprint density at radius 1 is 1.06 bits per heavy atom. The largest absolute Gasteiger partial charge is 0.542 e. The molecule has 0 amide bonds. The van der Waals surface area contributed by atoms with Crippen LogP contribution in [0, 0.1) is 0 Å². The molecule has 17 heavy (non-hydrogen) atoms. The number of rotatable bonds is 11. The van der Waals surface area contributed by atoms with Crippen LogP contribution in [0.3, 0.4) is 0 Å². The molecule has 0 aromatic carbocycles. The number of aliphatic carboxylic acids is 1. The van der Waals surface area contributed by atoms with Gasteiger partial charge in [0, 0.05) is 0 Å². The first-order chi connectivity index (χ1) is 8.00. The standard InChI is InChI=1S/C12H22F2O3/c1-2-3-4-5-6-7-8-9-10-17-12(13,14)11(15)16/h2-10H2,1H3,(H,15,16)/p-1. The van der Waals surface area contributed by atoms with Crippen LogP contribution in [0.5, 0.6) is 0 Å². The summed E-state index contributed by atoms with van der Waals surface area (Å²) in [7, 11) is 0. The summed E-state index contributed by atoms with van der Waals surface area (Å²) < 4.78 is 28.7. The van der Waals surface area contributed by atoms with Gasteiger partial charge in [0.15, 0.2) is 0 Å². The number of hydrogen-bond acceptors (Lipinski definition) is 3. The molecular weight excluding hydrogens is 230 g/mol. The van der Waals surface area contributed by atoms with E-state index in [1.165, 1.54) is 25.7 Å². The highest BCUT2D eigenvalue weighted by Crippen LogP contribution is 2.15. The van der Waals surface area contributed by atoms with Crippen molar-refractivity contribution in [2.75, 3.05) is 6.61 Å². The van der Waals surface area contributed by atoms with Crippen LogP contribution in [0.1, 0.15) is 58.3 Å². The Hall–Kier alpha value is -0.710. The molecule has 0 saturated heterocycles. The quantitative estimate of drug-likeness (QED) is 0.530. The summed E-state index contributed by atoms with van der Waals surface area (Å²) in [4.78, 5) is 9.90. The van der Waals surface area contributed by atoms with Gasteiger partial charge < -0.3 is 14.6 Å². The number of hydrogen-bond donors (Lipinski definition) is 0. The lowest BCUT2D eigenvalue weighted by Crippen LogP contribution is -2.43. The molecule has 102 valence electrons. The number of carboxylic acid groups (broad SMARTS) is 1. The molecule has 0 aliphatic rings. The molecule has 0 aliphatic carbocycles. The maximum absolute atomic E-state index is 12.4. The smallest absolute Gasteiger partial charge is 0.397 e. The van der Waals surface area contributed by atoms with E-state index < -0.39 is 12.1 Å². The maximum atomic E-state index is 12.4. The monoisotopic (exact) mass is 251 g/mol. The molecule has 0 atom stereocenters. The van der Waals surface area contributed by atoms with Gasteiger partial charge in [-0.1, -0.05) is 51.9 Å². The molecule has 0 aliphatic heterocycles. The Morgan fingerprint density at radius 2 is 1.53 bits per heavy atom. The minimum atomic E-state index is -4.15. The van der Waals surface area contributed by atoms with Gasteiger partial charge in [-0.15, -0.1) is 0 Å². The van der Waals surface area contributed by atoms with E-state index in [9.17, 15) is 18.7 Å². The molecule has 0 saturated carbocycles. The fourth-order valence-corrected chi connectivity index (χ4v) is 1.50. The molecule has 0 N–H and O–H groups in total. The lowest BCUT2D eigenvalue weighted by atomic mass is 10.1. The molecule has 0 spiro atoms. The topological polar surface area (TPSA) is 49.4 Å². The van der Waals surface area contributed by atoms with Crippen LogP contribution in [0.2, 0.25) is 0 Å². The van der Waals surface area contributed by atoms with Crippen LogP contribution in [-0.2, 0) is 9.53 Å². The first kappa shape index (κ1) is 16.3. The van der Waals surface area contributed by atoms with E-state index in [4.69, 9.17) is 0 Å². The number of alkyl halides is 2. The van der Waals surface area contributed by atoms with Crippen molar-refractivity contribution in [3.05, 3.63) is 0 Å². The number of carbonyl (C=O) groups is 1. The van der Waals surface area contributed by atoms with Crippen molar-refractivity contribution in [3.63, 3.8) is 0 Å². The highest BCUT2D eigenvalue weighted by Gasteiger charge is 2.31.